The Labute approximate surface area is 197 Å². The van der Waals surface area contributed by atoms with Crippen molar-refractivity contribution < 1.29 is 47.8 Å². The van der Waals surface area contributed by atoms with E-state index in [2.05, 4.69) is 22.9 Å². The highest BCUT2D eigenvalue weighted by atomic mass is 31.2. The fourth-order valence-corrected chi connectivity index (χ4v) is 3.64. The van der Waals surface area contributed by atoms with Crippen molar-refractivity contribution in [1.29, 1.82) is 0 Å². The van der Waals surface area contributed by atoms with Crippen molar-refractivity contribution in [2.24, 2.45) is 0 Å². The molecule has 0 bridgehead atoms. The summed E-state index contributed by atoms with van der Waals surface area (Å²) in [6, 6.07) is 0. The number of aliphatic hydroxyl groups excluding tert-OH is 2. The molecule has 0 spiro atoms. The summed E-state index contributed by atoms with van der Waals surface area (Å²) in [7, 11) is -4.84. The third-order valence-corrected chi connectivity index (χ3v) is 5.74. The SMILES string of the molecule is CCCCCCCC(=O)OC(CO)COP(=O)([O-])OCC(CO)OC(=O)CCCCCCC. The number of carbonyl (C=O) groups excluding carboxylic acids is 2. The van der Waals surface area contributed by atoms with E-state index in [1.807, 2.05) is 0 Å². The van der Waals surface area contributed by atoms with Crippen LogP contribution in [-0.2, 0) is 32.7 Å². The standard InChI is InChI=1S/C22H43O10P/c1-3-5-7-9-11-13-21(25)31-19(15-23)17-29-33(27,28)30-18-20(16-24)32-22(26)14-12-10-8-6-4-2/h19-20,23-24H,3-18H2,1-2H3,(H,27,28)/p-1. The van der Waals surface area contributed by atoms with Crippen LogP contribution in [0.5, 0.6) is 0 Å². The highest BCUT2D eigenvalue weighted by molar-refractivity contribution is 7.45. The zero-order chi connectivity index (χ0) is 25.0. The zero-order valence-corrected chi connectivity index (χ0v) is 21.0. The molecule has 0 aliphatic carbocycles. The maximum absolute atomic E-state index is 11.9. The number of hydrogen-bond donors (Lipinski definition) is 2. The number of unbranched alkanes of at least 4 members (excludes halogenated alkanes) is 8. The quantitative estimate of drug-likeness (QED) is 0.130. The van der Waals surface area contributed by atoms with Crippen LogP contribution < -0.4 is 4.89 Å². The fourth-order valence-electron chi connectivity index (χ4n) is 2.87. The molecular formula is C22H42O10P-. The number of phosphoric acid groups is 1. The lowest BCUT2D eigenvalue weighted by Crippen LogP contribution is -2.30. The Bertz CT molecular complexity index is 513. The van der Waals surface area contributed by atoms with Crippen molar-refractivity contribution in [3.63, 3.8) is 0 Å². The van der Waals surface area contributed by atoms with Gasteiger partial charge in [-0.2, -0.15) is 0 Å². The van der Waals surface area contributed by atoms with Gasteiger partial charge in [0.1, 0.15) is 12.2 Å². The molecule has 33 heavy (non-hydrogen) atoms. The smallest absolute Gasteiger partial charge is 0.306 e. The molecule has 0 heterocycles. The first-order valence-electron chi connectivity index (χ1n) is 12.0. The highest BCUT2D eigenvalue weighted by Crippen LogP contribution is 2.38. The molecular weight excluding hydrogens is 455 g/mol. The maximum Gasteiger partial charge on any atom is 0.306 e. The molecule has 0 rings (SSSR count). The lowest BCUT2D eigenvalue weighted by molar-refractivity contribution is -0.231. The number of ether oxygens (including phenoxy) is 2. The van der Waals surface area contributed by atoms with Crippen LogP contribution >= 0.6 is 7.82 Å². The van der Waals surface area contributed by atoms with Gasteiger partial charge in [-0.05, 0) is 12.8 Å². The second kappa shape index (κ2) is 20.4. The van der Waals surface area contributed by atoms with Crippen molar-refractivity contribution in [2.45, 2.75) is 103 Å². The number of esters is 2. The molecule has 2 unspecified atom stereocenters. The molecule has 0 aromatic carbocycles. The Balaban J connectivity index is 4.23. The van der Waals surface area contributed by atoms with Crippen molar-refractivity contribution >= 4 is 19.8 Å². The van der Waals surface area contributed by atoms with E-state index in [4.69, 9.17) is 9.47 Å². The molecule has 0 fully saturated rings. The Morgan fingerprint density at radius 1 is 0.727 bits per heavy atom. The molecule has 0 amide bonds. The molecule has 11 heteroatoms. The molecule has 0 aliphatic rings. The Morgan fingerprint density at radius 3 is 1.42 bits per heavy atom. The second-order valence-electron chi connectivity index (χ2n) is 7.96. The summed E-state index contributed by atoms with van der Waals surface area (Å²) >= 11 is 0. The van der Waals surface area contributed by atoms with Gasteiger partial charge in [0.05, 0.1) is 26.4 Å². The van der Waals surface area contributed by atoms with E-state index in [0.29, 0.717) is 12.8 Å². The predicted molar refractivity (Wildman–Crippen MR) is 120 cm³/mol. The summed E-state index contributed by atoms with van der Waals surface area (Å²) in [6.45, 7) is 1.73. The molecule has 0 saturated heterocycles. The predicted octanol–water partition coefficient (Wildman–Crippen LogP) is 3.02. The Morgan fingerprint density at radius 2 is 1.09 bits per heavy atom. The van der Waals surface area contributed by atoms with E-state index in [1.54, 1.807) is 0 Å². The topological polar surface area (TPSA) is 152 Å². The van der Waals surface area contributed by atoms with Crippen molar-refractivity contribution in [1.82, 2.24) is 0 Å². The first kappa shape index (κ1) is 32.0. The van der Waals surface area contributed by atoms with Crippen LogP contribution in [-0.4, -0.2) is 60.8 Å². The van der Waals surface area contributed by atoms with Gasteiger partial charge in [0.25, 0.3) is 7.82 Å². The number of rotatable bonds is 22. The molecule has 10 nitrogen and oxygen atoms in total. The van der Waals surface area contributed by atoms with Crippen LogP contribution in [0.3, 0.4) is 0 Å². The molecule has 0 radical (unpaired) electrons. The molecule has 0 aliphatic heterocycles. The van der Waals surface area contributed by atoms with Gasteiger partial charge in [-0.3, -0.25) is 14.2 Å². The monoisotopic (exact) mass is 497 g/mol. The van der Waals surface area contributed by atoms with E-state index in [9.17, 15) is 29.3 Å². The molecule has 0 aromatic heterocycles. The minimum absolute atomic E-state index is 0.175. The second-order valence-corrected chi connectivity index (χ2v) is 9.37. The van der Waals surface area contributed by atoms with Crippen LogP contribution in [0.2, 0.25) is 0 Å². The first-order chi connectivity index (χ1) is 15.8. The first-order valence-corrected chi connectivity index (χ1v) is 13.4. The molecule has 2 atom stereocenters. The van der Waals surface area contributed by atoms with Gasteiger partial charge >= 0.3 is 11.9 Å². The lowest BCUT2D eigenvalue weighted by Gasteiger charge is -2.26. The van der Waals surface area contributed by atoms with Crippen molar-refractivity contribution in [3.05, 3.63) is 0 Å². The summed E-state index contributed by atoms with van der Waals surface area (Å²) in [5, 5.41) is 18.6. The van der Waals surface area contributed by atoms with Gasteiger partial charge in [0.2, 0.25) is 0 Å². The minimum atomic E-state index is -4.84. The van der Waals surface area contributed by atoms with Crippen LogP contribution in [0.4, 0.5) is 0 Å². The largest absolute Gasteiger partial charge is 0.756 e. The van der Waals surface area contributed by atoms with Crippen molar-refractivity contribution in [3.8, 4) is 0 Å². The normalized spacial score (nSPS) is 14.9. The van der Waals surface area contributed by atoms with Crippen LogP contribution in [0, 0.1) is 0 Å². The summed E-state index contributed by atoms with van der Waals surface area (Å²) in [6.07, 6.45) is 7.54. The summed E-state index contributed by atoms with van der Waals surface area (Å²) in [5.41, 5.74) is 0. The average molecular weight is 498 g/mol. The Kier molecular flexibility index (Phi) is 19.7. The highest BCUT2D eigenvalue weighted by Gasteiger charge is 2.21. The number of carbonyl (C=O) groups is 2. The summed E-state index contributed by atoms with van der Waals surface area (Å²) in [4.78, 5) is 35.5. The fraction of sp³-hybridized carbons (Fsp3) is 0.909. The third kappa shape index (κ3) is 19.0. The number of phosphoric ester groups is 1. The van der Waals surface area contributed by atoms with Crippen LogP contribution in [0.25, 0.3) is 0 Å². The van der Waals surface area contributed by atoms with E-state index in [1.165, 1.54) is 0 Å². The lowest BCUT2D eigenvalue weighted by atomic mass is 10.1. The molecule has 0 saturated carbocycles. The average Bonchev–Trinajstić information content (AvgIpc) is 2.79. The van der Waals surface area contributed by atoms with Gasteiger partial charge in [-0.15, -0.1) is 0 Å². The van der Waals surface area contributed by atoms with E-state index in [0.717, 1.165) is 51.4 Å². The van der Waals surface area contributed by atoms with E-state index < -0.39 is 58.4 Å². The molecule has 2 N–H and O–H groups in total. The van der Waals surface area contributed by atoms with E-state index >= 15 is 0 Å². The van der Waals surface area contributed by atoms with Crippen LogP contribution in [0.15, 0.2) is 0 Å². The van der Waals surface area contributed by atoms with Gasteiger partial charge in [-0.1, -0.05) is 65.2 Å². The Hall–Kier alpha value is -1.03. The van der Waals surface area contributed by atoms with Gasteiger partial charge in [0.15, 0.2) is 0 Å². The third-order valence-electron chi connectivity index (χ3n) is 4.81. The number of hydrogen-bond acceptors (Lipinski definition) is 10. The maximum atomic E-state index is 11.9. The zero-order valence-electron chi connectivity index (χ0n) is 20.1. The van der Waals surface area contributed by atoms with E-state index in [-0.39, 0.29) is 12.8 Å². The van der Waals surface area contributed by atoms with Gasteiger partial charge < -0.3 is 33.6 Å². The molecule has 0 aromatic rings. The summed E-state index contributed by atoms with van der Waals surface area (Å²) in [5.74, 6) is -1.09. The van der Waals surface area contributed by atoms with Crippen molar-refractivity contribution in [2.75, 3.05) is 26.4 Å². The van der Waals surface area contributed by atoms with Gasteiger partial charge in [-0.25, -0.2) is 0 Å². The summed E-state index contributed by atoms with van der Waals surface area (Å²) < 4.78 is 31.3. The van der Waals surface area contributed by atoms with Gasteiger partial charge in [0, 0.05) is 12.8 Å². The molecule has 196 valence electrons. The number of aliphatic hydroxyl groups is 2. The van der Waals surface area contributed by atoms with Crippen LogP contribution in [0.1, 0.15) is 90.9 Å². The minimum Gasteiger partial charge on any atom is -0.756 e.